The molecule has 0 aliphatic carbocycles. The van der Waals surface area contributed by atoms with E-state index < -0.39 is 0 Å². The van der Waals surface area contributed by atoms with Crippen molar-refractivity contribution in [3.63, 3.8) is 0 Å². The van der Waals surface area contributed by atoms with Crippen LogP contribution >= 0.6 is 23.4 Å². The molecule has 2 aliphatic heterocycles. The van der Waals surface area contributed by atoms with Gasteiger partial charge in [0.1, 0.15) is 18.4 Å². The van der Waals surface area contributed by atoms with Gasteiger partial charge in [0.15, 0.2) is 5.16 Å². The number of anilines is 3. The molecule has 0 atom stereocenters. The standard InChI is InChI=1S/C33H40ClN9OS/c1-4-41-13-15-43(16-14-41)29-21-28-26(20-30(29)44-18-17-42-11-9-39(2)10-12-42)32(24(22-35)23-37-28)38-25-5-6-31(27(34)19-25)45-33-36-7-8-40(33)3/h5-8,19-21,23H,4,9-18H2,1-3H3,(H,37,38). The van der Waals surface area contributed by atoms with Crippen LogP contribution in [-0.2, 0) is 7.05 Å². The van der Waals surface area contributed by atoms with E-state index in [-0.39, 0.29) is 0 Å². The molecule has 10 nitrogen and oxygen atoms in total. The van der Waals surface area contributed by atoms with Crippen molar-refractivity contribution in [2.24, 2.45) is 7.05 Å². The van der Waals surface area contributed by atoms with E-state index in [9.17, 15) is 5.26 Å². The molecule has 2 saturated heterocycles. The fraction of sp³-hybridized carbons (Fsp3) is 0.424. The van der Waals surface area contributed by atoms with E-state index in [1.54, 1.807) is 12.4 Å². The third kappa shape index (κ3) is 7.32. The Morgan fingerprint density at radius 1 is 1.00 bits per heavy atom. The third-order valence-electron chi connectivity index (χ3n) is 8.67. The number of nitrogens with zero attached hydrogens (tertiary/aromatic N) is 8. The average molecular weight is 646 g/mol. The zero-order chi connectivity index (χ0) is 31.3. The molecule has 0 bridgehead atoms. The van der Waals surface area contributed by atoms with Crippen molar-refractivity contribution in [2.45, 2.75) is 17.0 Å². The van der Waals surface area contributed by atoms with Crippen molar-refractivity contribution in [1.82, 2.24) is 29.2 Å². The summed E-state index contributed by atoms with van der Waals surface area (Å²) in [4.78, 5) is 19.7. The molecule has 0 radical (unpaired) electrons. The Balaban J connectivity index is 1.30. The number of aromatic nitrogens is 3. The molecule has 0 spiro atoms. The molecule has 0 saturated carbocycles. The normalized spacial score (nSPS) is 16.6. The van der Waals surface area contributed by atoms with Crippen LogP contribution in [0.3, 0.4) is 0 Å². The van der Waals surface area contributed by atoms with Gasteiger partial charge in [-0.25, -0.2) is 4.98 Å². The minimum atomic E-state index is 0.456. The number of fused-ring (bicyclic) bond motifs is 1. The summed E-state index contributed by atoms with van der Waals surface area (Å²) in [7, 11) is 4.13. The maximum atomic E-state index is 10.1. The van der Waals surface area contributed by atoms with E-state index in [2.05, 4.69) is 62.1 Å². The number of nitrogens with one attached hydrogen (secondary N) is 1. The van der Waals surface area contributed by atoms with Gasteiger partial charge >= 0.3 is 0 Å². The highest BCUT2D eigenvalue weighted by molar-refractivity contribution is 7.99. The number of halogens is 1. The van der Waals surface area contributed by atoms with Gasteiger partial charge in [-0.1, -0.05) is 30.3 Å². The highest BCUT2D eigenvalue weighted by atomic mass is 35.5. The minimum Gasteiger partial charge on any atom is -0.490 e. The number of imidazole rings is 1. The second-order valence-electron chi connectivity index (χ2n) is 11.6. The largest absolute Gasteiger partial charge is 0.490 e. The number of benzene rings is 2. The Hall–Kier alpha value is -3.53. The lowest BCUT2D eigenvalue weighted by Gasteiger charge is -2.36. The van der Waals surface area contributed by atoms with Gasteiger partial charge in [0, 0.05) is 101 Å². The smallest absolute Gasteiger partial charge is 0.172 e. The molecule has 45 heavy (non-hydrogen) atoms. The molecule has 2 aromatic carbocycles. The molecule has 0 unspecified atom stereocenters. The predicted octanol–water partition coefficient (Wildman–Crippen LogP) is 5.16. The first-order valence-electron chi connectivity index (χ1n) is 15.5. The molecule has 4 aromatic rings. The number of piperazine rings is 2. The molecular weight excluding hydrogens is 606 g/mol. The van der Waals surface area contributed by atoms with Gasteiger partial charge in [-0.05, 0) is 43.9 Å². The van der Waals surface area contributed by atoms with Crippen LogP contribution in [0.4, 0.5) is 17.1 Å². The third-order valence-corrected chi connectivity index (χ3v) is 10.2. The van der Waals surface area contributed by atoms with Crippen molar-refractivity contribution in [2.75, 3.05) is 89.3 Å². The number of rotatable bonds is 10. The molecule has 1 N–H and O–H groups in total. The van der Waals surface area contributed by atoms with Gasteiger partial charge < -0.3 is 29.3 Å². The predicted molar refractivity (Wildman–Crippen MR) is 182 cm³/mol. The Bertz CT molecular complexity index is 1670. The number of likely N-dealkylation sites (N-methyl/N-ethyl adjacent to an activating group) is 2. The second kappa shape index (κ2) is 14.3. The van der Waals surface area contributed by atoms with Crippen molar-refractivity contribution in [3.05, 3.63) is 59.5 Å². The summed E-state index contributed by atoms with van der Waals surface area (Å²) in [5.41, 5.74) is 3.79. The van der Waals surface area contributed by atoms with Gasteiger partial charge in [-0.15, -0.1) is 0 Å². The van der Waals surface area contributed by atoms with Crippen LogP contribution in [0.1, 0.15) is 12.5 Å². The van der Waals surface area contributed by atoms with Crippen molar-refractivity contribution >= 4 is 51.3 Å². The number of hydrogen-bond donors (Lipinski definition) is 1. The Morgan fingerprint density at radius 3 is 2.47 bits per heavy atom. The zero-order valence-electron chi connectivity index (χ0n) is 26.2. The first-order valence-corrected chi connectivity index (χ1v) is 16.7. The van der Waals surface area contributed by atoms with Crippen LogP contribution in [0, 0.1) is 11.3 Å². The van der Waals surface area contributed by atoms with Crippen LogP contribution in [-0.4, -0.2) is 108 Å². The van der Waals surface area contributed by atoms with E-state index >= 15 is 0 Å². The first-order chi connectivity index (χ1) is 21.9. The molecule has 0 amide bonds. The maximum absolute atomic E-state index is 10.1. The monoisotopic (exact) mass is 645 g/mol. The van der Waals surface area contributed by atoms with E-state index in [1.165, 1.54) is 11.8 Å². The van der Waals surface area contributed by atoms with E-state index in [1.807, 2.05) is 36.0 Å². The quantitative estimate of drug-likeness (QED) is 0.250. The van der Waals surface area contributed by atoms with Crippen LogP contribution in [0.2, 0.25) is 5.02 Å². The molecule has 12 heteroatoms. The van der Waals surface area contributed by atoms with Crippen molar-refractivity contribution in [3.8, 4) is 11.8 Å². The van der Waals surface area contributed by atoms with E-state index in [0.29, 0.717) is 22.9 Å². The van der Waals surface area contributed by atoms with Gasteiger partial charge in [0.05, 0.1) is 27.5 Å². The molecule has 2 aromatic heterocycles. The SMILES string of the molecule is CCN1CCN(c2cc3ncc(C#N)c(Nc4ccc(Sc5nccn5C)c(Cl)c4)c3cc2OCCN2CCN(C)CC2)CC1. The topological polar surface area (TPSA) is 88.7 Å². The second-order valence-corrected chi connectivity index (χ2v) is 13.0. The minimum absolute atomic E-state index is 0.456. The first kappa shape index (κ1) is 31.5. The van der Waals surface area contributed by atoms with Crippen molar-refractivity contribution in [1.29, 1.82) is 5.26 Å². The number of aryl methyl sites for hydroxylation is 1. The lowest BCUT2D eigenvalue weighted by Crippen LogP contribution is -2.46. The van der Waals surface area contributed by atoms with Crippen LogP contribution in [0.5, 0.6) is 5.75 Å². The van der Waals surface area contributed by atoms with Gasteiger partial charge in [-0.2, -0.15) is 5.26 Å². The fourth-order valence-electron chi connectivity index (χ4n) is 5.81. The van der Waals surface area contributed by atoms with Crippen LogP contribution in [0.25, 0.3) is 10.9 Å². The summed E-state index contributed by atoms with van der Waals surface area (Å²) >= 11 is 8.24. The molecule has 4 heterocycles. The summed E-state index contributed by atoms with van der Waals surface area (Å²) in [6, 6.07) is 12.3. The summed E-state index contributed by atoms with van der Waals surface area (Å²) < 4.78 is 8.53. The van der Waals surface area contributed by atoms with Crippen molar-refractivity contribution < 1.29 is 4.74 Å². The number of ether oxygens (including phenoxy) is 1. The summed E-state index contributed by atoms with van der Waals surface area (Å²) in [5.74, 6) is 0.821. The van der Waals surface area contributed by atoms with E-state index in [4.69, 9.17) is 21.3 Å². The number of nitriles is 1. The molecule has 2 fully saturated rings. The number of pyridine rings is 1. The average Bonchev–Trinajstić information content (AvgIpc) is 3.47. The molecule has 236 valence electrons. The summed E-state index contributed by atoms with van der Waals surface area (Å²) in [6.07, 6.45) is 5.32. The Morgan fingerprint density at radius 2 is 1.78 bits per heavy atom. The Labute approximate surface area is 274 Å². The molecule has 2 aliphatic rings. The molecular formula is C33H40ClN9OS. The van der Waals surface area contributed by atoms with Gasteiger partial charge in [0.2, 0.25) is 0 Å². The summed E-state index contributed by atoms with van der Waals surface area (Å²) in [5, 5.41) is 15.9. The summed E-state index contributed by atoms with van der Waals surface area (Å²) in [6.45, 7) is 12.9. The zero-order valence-corrected chi connectivity index (χ0v) is 27.7. The van der Waals surface area contributed by atoms with Gasteiger partial charge in [0.25, 0.3) is 0 Å². The fourth-order valence-corrected chi connectivity index (χ4v) is 6.91. The lowest BCUT2D eigenvalue weighted by molar-refractivity contribution is 0.134. The lowest BCUT2D eigenvalue weighted by atomic mass is 10.1. The van der Waals surface area contributed by atoms with Gasteiger partial charge in [-0.3, -0.25) is 9.88 Å². The van der Waals surface area contributed by atoms with E-state index in [0.717, 1.165) is 104 Å². The maximum Gasteiger partial charge on any atom is 0.172 e. The highest BCUT2D eigenvalue weighted by Gasteiger charge is 2.22. The molecule has 6 rings (SSSR count). The van der Waals surface area contributed by atoms with Crippen LogP contribution in [0.15, 0.2) is 59.0 Å². The number of hydrogen-bond acceptors (Lipinski definition) is 10. The highest BCUT2D eigenvalue weighted by Crippen LogP contribution is 2.39. The Kier molecular flexibility index (Phi) is 9.97. The van der Waals surface area contributed by atoms with Crippen LogP contribution < -0.4 is 15.0 Å².